The van der Waals surface area contributed by atoms with E-state index in [0.29, 0.717) is 28.9 Å². The summed E-state index contributed by atoms with van der Waals surface area (Å²) in [5.41, 5.74) is 2.34. The lowest BCUT2D eigenvalue weighted by molar-refractivity contribution is -0.115. The number of allylic oxidation sites excluding steroid dienone is 1. The van der Waals surface area contributed by atoms with E-state index < -0.39 is 18.5 Å². The van der Waals surface area contributed by atoms with Crippen LogP contribution in [0.1, 0.15) is 42.0 Å². The molecule has 1 atom stereocenters. The van der Waals surface area contributed by atoms with Gasteiger partial charge < -0.3 is 5.32 Å². The third-order valence-corrected chi connectivity index (χ3v) is 6.08. The van der Waals surface area contributed by atoms with Gasteiger partial charge in [0.2, 0.25) is 0 Å². The molecule has 2 aliphatic rings. The lowest BCUT2D eigenvalue weighted by atomic mass is 9.94. The monoisotopic (exact) mass is 425 g/mol. The normalized spacial score (nSPS) is 18.5. The molecule has 1 aliphatic heterocycles. The number of ketones is 1. The molecule has 0 fully saturated rings. The van der Waals surface area contributed by atoms with Crippen LogP contribution in [0.5, 0.6) is 0 Å². The number of halogens is 2. The Hall–Kier alpha value is -3.18. The maximum atomic E-state index is 13.2. The van der Waals surface area contributed by atoms with E-state index in [4.69, 9.17) is 5.26 Å². The molecule has 152 valence electrons. The smallest absolute Gasteiger partial charge is 0.326 e. The van der Waals surface area contributed by atoms with E-state index in [1.807, 2.05) is 6.26 Å². The average molecular weight is 425 g/mol. The number of urea groups is 1. The highest BCUT2D eigenvalue weighted by molar-refractivity contribution is 7.98. The van der Waals surface area contributed by atoms with Gasteiger partial charge in [-0.3, -0.25) is 9.69 Å². The average Bonchev–Trinajstić information content (AvgIpc) is 3.14. The number of Topliss-reactive ketones (excluding diaryl/α,β-unsaturated/α-hetero) is 1. The van der Waals surface area contributed by atoms with Gasteiger partial charge in [0.25, 0.3) is 6.43 Å². The number of alkyl halides is 2. The minimum atomic E-state index is -2.66. The molecule has 4 rings (SSSR count). The van der Waals surface area contributed by atoms with Crippen LogP contribution >= 0.6 is 11.8 Å². The molecule has 8 heteroatoms. The fraction of sp³-hybridized carbons (Fsp3) is 0.227. The van der Waals surface area contributed by atoms with Crippen LogP contribution < -0.4 is 10.2 Å². The van der Waals surface area contributed by atoms with Crippen molar-refractivity contribution in [1.82, 2.24) is 5.32 Å². The zero-order valence-electron chi connectivity index (χ0n) is 16.0. The Bertz CT molecular complexity index is 1120. The fourth-order valence-electron chi connectivity index (χ4n) is 3.93. The summed E-state index contributed by atoms with van der Waals surface area (Å²) in [6.07, 6.45) is -0.182. The predicted octanol–water partition coefficient (Wildman–Crippen LogP) is 5.11. The van der Waals surface area contributed by atoms with Crippen molar-refractivity contribution in [1.29, 1.82) is 5.26 Å². The number of hydrogen-bond donors (Lipinski definition) is 1. The van der Waals surface area contributed by atoms with Gasteiger partial charge in [-0.2, -0.15) is 5.26 Å². The van der Waals surface area contributed by atoms with Gasteiger partial charge in [0.1, 0.15) is 0 Å². The van der Waals surface area contributed by atoms with E-state index in [0.717, 1.165) is 10.5 Å². The third kappa shape index (κ3) is 3.35. The van der Waals surface area contributed by atoms with Gasteiger partial charge in [-0.25, -0.2) is 13.6 Å². The molecule has 0 radical (unpaired) electrons. The molecule has 1 aliphatic carbocycles. The lowest BCUT2D eigenvalue weighted by Gasteiger charge is -2.35. The van der Waals surface area contributed by atoms with Crippen LogP contribution in [0.2, 0.25) is 0 Å². The Balaban J connectivity index is 1.83. The Kier molecular flexibility index (Phi) is 5.31. The standard InChI is InChI=1S/C22H17F2N3O2S/c1-30-18-9-12(11-25)5-6-15(18)20-19-16(7-8-17(19)28)27(22(29)26-20)14-4-2-3-13(10-14)21(23)24/h2-6,9-10,20-21H,7-8H2,1H3,(H,26,29)/t20-/m1/s1. The number of benzene rings is 2. The van der Waals surface area contributed by atoms with Gasteiger partial charge in [-0.05, 0) is 42.5 Å². The molecule has 1 heterocycles. The fourth-order valence-corrected chi connectivity index (χ4v) is 4.60. The summed E-state index contributed by atoms with van der Waals surface area (Å²) in [4.78, 5) is 27.9. The Labute approximate surface area is 176 Å². The van der Waals surface area contributed by atoms with E-state index in [2.05, 4.69) is 11.4 Å². The molecule has 2 aromatic carbocycles. The highest BCUT2D eigenvalue weighted by atomic mass is 32.2. The second-order valence-electron chi connectivity index (χ2n) is 6.97. The Morgan fingerprint density at radius 1 is 1.20 bits per heavy atom. The molecular weight excluding hydrogens is 408 g/mol. The van der Waals surface area contributed by atoms with Gasteiger partial charge >= 0.3 is 6.03 Å². The van der Waals surface area contributed by atoms with E-state index in [9.17, 15) is 18.4 Å². The van der Waals surface area contributed by atoms with Crippen LogP contribution in [0.4, 0.5) is 19.3 Å². The van der Waals surface area contributed by atoms with Crippen molar-refractivity contribution in [3.8, 4) is 6.07 Å². The zero-order valence-corrected chi connectivity index (χ0v) is 16.8. The molecule has 0 bridgehead atoms. The number of thioether (sulfide) groups is 1. The molecule has 0 aromatic heterocycles. The summed E-state index contributed by atoms with van der Waals surface area (Å²) in [6, 6.07) is 11.7. The summed E-state index contributed by atoms with van der Waals surface area (Å²) >= 11 is 1.42. The summed E-state index contributed by atoms with van der Waals surface area (Å²) in [7, 11) is 0. The summed E-state index contributed by atoms with van der Waals surface area (Å²) in [6.45, 7) is 0. The first kappa shape index (κ1) is 20.1. The molecule has 1 N–H and O–H groups in total. The van der Waals surface area contributed by atoms with E-state index in [-0.39, 0.29) is 17.8 Å². The maximum Gasteiger partial charge on any atom is 0.327 e. The van der Waals surface area contributed by atoms with Crippen molar-refractivity contribution in [3.63, 3.8) is 0 Å². The Morgan fingerprint density at radius 2 is 2.00 bits per heavy atom. The SMILES string of the molecule is CSc1cc(C#N)ccc1[C@H]1NC(=O)N(c2cccc(C(F)F)c2)C2=C1C(=O)CC2. The minimum absolute atomic E-state index is 0.0820. The van der Waals surface area contributed by atoms with Crippen LogP contribution in [0, 0.1) is 11.3 Å². The lowest BCUT2D eigenvalue weighted by Crippen LogP contribution is -2.47. The summed E-state index contributed by atoms with van der Waals surface area (Å²) < 4.78 is 26.3. The van der Waals surface area contributed by atoms with Gasteiger partial charge in [0, 0.05) is 28.1 Å². The topological polar surface area (TPSA) is 73.2 Å². The van der Waals surface area contributed by atoms with E-state index in [1.165, 1.54) is 34.9 Å². The number of carbonyl (C=O) groups excluding carboxylic acids is 2. The van der Waals surface area contributed by atoms with Crippen LogP contribution in [-0.2, 0) is 4.79 Å². The first-order valence-corrected chi connectivity index (χ1v) is 10.5. The first-order chi connectivity index (χ1) is 14.4. The summed E-state index contributed by atoms with van der Waals surface area (Å²) in [5.74, 6) is -0.0820. The number of hydrogen-bond acceptors (Lipinski definition) is 4. The van der Waals surface area contributed by atoms with Crippen molar-refractivity contribution in [2.24, 2.45) is 0 Å². The van der Waals surface area contributed by atoms with Gasteiger partial charge in [0.15, 0.2) is 5.78 Å². The van der Waals surface area contributed by atoms with Crippen molar-refractivity contribution < 1.29 is 18.4 Å². The quantitative estimate of drug-likeness (QED) is 0.692. The predicted molar refractivity (Wildman–Crippen MR) is 109 cm³/mol. The second-order valence-corrected chi connectivity index (χ2v) is 7.81. The number of anilines is 1. The van der Waals surface area contributed by atoms with Crippen molar-refractivity contribution in [2.45, 2.75) is 30.2 Å². The number of carbonyl (C=O) groups is 2. The molecule has 0 saturated carbocycles. The number of amides is 2. The number of rotatable bonds is 4. The Morgan fingerprint density at radius 3 is 2.70 bits per heavy atom. The van der Waals surface area contributed by atoms with Gasteiger partial charge in [0.05, 0.1) is 23.4 Å². The van der Waals surface area contributed by atoms with Crippen LogP contribution in [-0.4, -0.2) is 18.1 Å². The van der Waals surface area contributed by atoms with Crippen LogP contribution in [0.15, 0.2) is 58.6 Å². The molecule has 30 heavy (non-hydrogen) atoms. The van der Waals surface area contributed by atoms with Crippen LogP contribution in [0.3, 0.4) is 0 Å². The highest BCUT2D eigenvalue weighted by Gasteiger charge is 2.41. The molecule has 0 spiro atoms. The first-order valence-electron chi connectivity index (χ1n) is 9.27. The minimum Gasteiger partial charge on any atom is -0.326 e. The molecule has 5 nitrogen and oxygen atoms in total. The maximum absolute atomic E-state index is 13.2. The van der Waals surface area contributed by atoms with Gasteiger partial charge in [-0.15, -0.1) is 11.8 Å². The molecule has 0 saturated heterocycles. The molecular formula is C22H17F2N3O2S. The van der Waals surface area contributed by atoms with Crippen LogP contribution in [0.25, 0.3) is 0 Å². The second kappa shape index (κ2) is 7.92. The van der Waals surface area contributed by atoms with E-state index in [1.54, 1.807) is 24.3 Å². The third-order valence-electron chi connectivity index (χ3n) is 5.28. The number of nitriles is 1. The molecule has 2 amide bonds. The van der Waals surface area contributed by atoms with E-state index >= 15 is 0 Å². The molecule has 0 unspecified atom stereocenters. The summed E-state index contributed by atoms with van der Waals surface area (Å²) in [5, 5.41) is 12.0. The van der Waals surface area contributed by atoms with Crippen molar-refractivity contribution in [3.05, 3.63) is 70.4 Å². The van der Waals surface area contributed by atoms with Crippen molar-refractivity contribution >= 4 is 29.3 Å². The molecule has 2 aromatic rings. The highest BCUT2D eigenvalue weighted by Crippen LogP contribution is 2.43. The zero-order chi connectivity index (χ0) is 21.4. The van der Waals surface area contributed by atoms with Gasteiger partial charge in [-0.1, -0.05) is 18.2 Å². The number of nitrogens with one attached hydrogen (secondary N) is 1. The van der Waals surface area contributed by atoms with Crippen molar-refractivity contribution in [2.75, 3.05) is 11.2 Å². The largest absolute Gasteiger partial charge is 0.327 e. The number of nitrogens with zero attached hydrogens (tertiary/aromatic N) is 2.